The van der Waals surface area contributed by atoms with Crippen molar-refractivity contribution in [2.45, 2.75) is 38.1 Å². The SMILES string of the molecule is CC(C)c1cccc2c1NC(c1cc(Br)ccc1O)C1CC=CC21. The highest BCUT2D eigenvalue weighted by atomic mass is 79.9. The molecule has 1 heterocycles. The zero-order valence-corrected chi connectivity index (χ0v) is 15.5. The number of allylic oxidation sites excluding steroid dienone is 2. The second kappa shape index (κ2) is 5.96. The second-order valence-electron chi connectivity index (χ2n) is 7.14. The van der Waals surface area contributed by atoms with Crippen LogP contribution in [-0.4, -0.2) is 5.11 Å². The fourth-order valence-electron chi connectivity index (χ4n) is 4.21. The average Bonchev–Trinajstić information content (AvgIpc) is 3.05. The largest absolute Gasteiger partial charge is 0.508 e. The monoisotopic (exact) mass is 383 g/mol. The molecular formula is C21H22BrNO. The Morgan fingerprint density at radius 2 is 2.00 bits per heavy atom. The predicted octanol–water partition coefficient (Wildman–Crippen LogP) is 6.10. The van der Waals surface area contributed by atoms with E-state index in [0.29, 0.717) is 23.5 Å². The van der Waals surface area contributed by atoms with Crippen LogP contribution >= 0.6 is 15.9 Å². The molecule has 0 saturated heterocycles. The highest BCUT2D eigenvalue weighted by Crippen LogP contribution is 2.52. The molecule has 2 N–H and O–H groups in total. The van der Waals surface area contributed by atoms with Crippen LogP contribution in [0.25, 0.3) is 0 Å². The van der Waals surface area contributed by atoms with Gasteiger partial charge in [0.25, 0.3) is 0 Å². The fraction of sp³-hybridized carbons (Fsp3) is 0.333. The van der Waals surface area contributed by atoms with E-state index in [4.69, 9.17) is 0 Å². The van der Waals surface area contributed by atoms with Crippen molar-refractivity contribution < 1.29 is 5.11 Å². The predicted molar refractivity (Wildman–Crippen MR) is 103 cm³/mol. The number of anilines is 1. The van der Waals surface area contributed by atoms with Gasteiger partial charge in [-0.2, -0.15) is 0 Å². The van der Waals surface area contributed by atoms with E-state index in [1.165, 1.54) is 16.8 Å². The van der Waals surface area contributed by atoms with Crippen LogP contribution in [0.4, 0.5) is 5.69 Å². The first-order valence-electron chi connectivity index (χ1n) is 8.60. The Morgan fingerprint density at radius 3 is 2.79 bits per heavy atom. The van der Waals surface area contributed by atoms with E-state index in [0.717, 1.165) is 16.5 Å². The highest BCUT2D eigenvalue weighted by molar-refractivity contribution is 9.10. The van der Waals surface area contributed by atoms with Crippen LogP contribution < -0.4 is 5.32 Å². The van der Waals surface area contributed by atoms with Crippen molar-refractivity contribution in [1.82, 2.24) is 0 Å². The molecule has 2 aromatic carbocycles. The number of hydrogen-bond donors (Lipinski definition) is 2. The average molecular weight is 384 g/mol. The number of phenols is 1. The van der Waals surface area contributed by atoms with Crippen LogP contribution in [0.2, 0.25) is 0 Å². The standard InChI is InChI=1S/C21H22BrNO/c1-12(2)14-5-3-7-16-15-6-4-8-17(15)21(23-20(14)16)18-11-13(22)9-10-19(18)24/h3-7,9-12,15,17,21,23-24H,8H2,1-2H3. The molecular weight excluding hydrogens is 362 g/mol. The summed E-state index contributed by atoms with van der Waals surface area (Å²) in [5.74, 6) is 1.70. The van der Waals surface area contributed by atoms with Gasteiger partial charge in [-0.25, -0.2) is 0 Å². The molecule has 0 bridgehead atoms. The molecule has 2 aliphatic rings. The summed E-state index contributed by atoms with van der Waals surface area (Å²) in [4.78, 5) is 0. The molecule has 1 aliphatic carbocycles. The van der Waals surface area contributed by atoms with Gasteiger partial charge < -0.3 is 10.4 Å². The maximum atomic E-state index is 10.5. The smallest absolute Gasteiger partial charge is 0.120 e. The van der Waals surface area contributed by atoms with Gasteiger partial charge in [0.15, 0.2) is 0 Å². The molecule has 3 atom stereocenters. The zero-order valence-electron chi connectivity index (χ0n) is 14.0. The number of nitrogens with one attached hydrogen (secondary N) is 1. The van der Waals surface area contributed by atoms with Crippen molar-refractivity contribution in [3.63, 3.8) is 0 Å². The highest BCUT2D eigenvalue weighted by Gasteiger charge is 2.39. The lowest BCUT2D eigenvalue weighted by atomic mass is 9.75. The molecule has 124 valence electrons. The minimum absolute atomic E-state index is 0.120. The van der Waals surface area contributed by atoms with Gasteiger partial charge in [0, 0.05) is 21.6 Å². The molecule has 1 aliphatic heterocycles. The van der Waals surface area contributed by atoms with Crippen LogP contribution in [0.3, 0.4) is 0 Å². The molecule has 0 radical (unpaired) electrons. The number of fused-ring (bicyclic) bond motifs is 3. The third kappa shape index (κ3) is 2.46. The lowest BCUT2D eigenvalue weighted by Gasteiger charge is -2.39. The number of halogens is 1. The van der Waals surface area contributed by atoms with E-state index in [9.17, 15) is 5.11 Å². The minimum atomic E-state index is 0.120. The third-order valence-electron chi connectivity index (χ3n) is 5.38. The van der Waals surface area contributed by atoms with Crippen molar-refractivity contribution >= 4 is 21.6 Å². The Hall–Kier alpha value is -1.74. The third-order valence-corrected chi connectivity index (χ3v) is 5.87. The normalized spacial score (nSPS) is 24.6. The van der Waals surface area contributed by atoms with E-state index >= 15 is 0 Å². The molecule has 0 fully saturated rings. The lowest BCUT2D eigenvalue weighted by molar-refractivity contribution is 0.401. The van der Waals surface area contributed by atoms with Gasteiger partial charge in [-0.3, -0.25) is 0 Å². The molecule has 3 heteroatoms. The first-order valence-corrected chi connectivity index (χ1v) is 9.40. The van der Waals surface area contributed by atoms with E-state index in [-0.39, 0.29) is 6.04 Å². The Labute approximate surface area is 151 Å². The van der Waals surface area contributed by atoms with Crippen molar-refractivity contribution in [1.29, 1.82) is 0 Å². The van der Waals surface area contributed by atoms with Crippen molar-refractivity contribution in [3.05, 3.63) is 69.7 Å². The quantitative estimate of drug-likeness (QED) is 0.613. The van der Waals surface area contributed by atoms with Crippen LogP contribution in [-0.2, 0) is 0 Å². The van der Waals surface area contributed by atoms with Gasteiger partial charge in [-0.15, -0.1) is 0 Å². The van der Waals surface area contributed by atoms with Gasteiger partial charge in [0.2, 0.25) is 0 Å². The number of para-hydroxylation sites is 1. The van der Waals surface area contributed by atoms with E-state index in [1.54, 1.807) is 6.07 Å². The summed E-state index contributed by atoms with van der Waals surface area (Å²) in [6, 6.07) is 12.5. The van der Waals surface area contributed by atoms with Gasteiger partial charge in [0.05, 0.1) is 6.04 Å². The van der Waals surface area contributed by atoms with Gasteiger partial charge in [-0.1, -0.05) is 60.1 Å². The fourth-order valence-corrected chi connectivity index (χ4v) is 4.59. The molecule has 4 rings (SSSR count). The molecule has 3 unspecified atom stereocenters. The molecule has 0 spiro atoms. The molecule has 24 heavy (non-hydrogen) atoms. The van der Waals surface area contributed by atoms with E-state index in [2.05, 4.69) is 65.4 Å². The van der Waals surface area contributed by atoms with Crippen molar-refractivity contribution in [2.24, 2.45) is 5.92 Å². The number of benzene rings is 2. The lowest BCUT2D eigenvalue weighted by Crippen LogP contribution is -2.30. The Morgan fingerprint density at radius 1 is 1.17 bits per heavy atom. The summed E-state index contributed by atoms with van der Waals surface area (Å²) in [7, 11) is 0. The molecule has 2 nitrogen and oxygen atoms in total. The maximum Gasteiger partial charge on any atom is 0.120 e. The van der Waals surface area contributed by atoms with Gasteiger partial charge in [-0.05, 0) is 47.6 Å². The minimum Gasteiger partial charge on any atom is -0.508 e. The summed E-state index contributed by atoms with van der Waals surface area (Å²) in [5.41, 5.74) is 4.98. The number of hydrogen-bond acceptors (Lipinski definition) is 2. The van der Waals surface area contributed by atoms with Gasteiger partial charge in [0.1, 0.15) is 5.75 Å². The van der Waals surface area contributed by atoms with Crippen LogP contribution in [0, 0.1) is 5.92 Å². The first-order chi connectivity index (χ1) is 11.6. The van der Waals surface area contributed by atoms with Gasteiger partial charge >= 0.3 is 0 Å². The summed E-state index contributed by atoms with van der Waals surface area (Å²) >= 11 is 3.55. The summed E-state index contributed by atoms with van der Waals surface area (Å²) in [6.07, 6.45) is 5.67. The Bertz CT molecular complexity index is 811. The van der Waals surface area contributed by atoms with Crippen molar-refractivity contribution in [2.75, 3.05) is 5.32 Å². The summed E-state index contributed by atoms with van der Waals surface area (Å²) in [5, 5.41) is 14.2. The van der Waals surface area contributed by atoms with E-state index in [1.807, 2.05) is 12.1 Å². The maximum absolute atomic E-state index is 10.5. The van der Waals surface area contributed by atoms with Crippen molar-refractivity contribution in [3.8, 4) is 5.75 Å². The Kier molecular flexibility index (Phi) is 3.92. The molecule has 0 aromatic heterocycles. The number of rotatable bonds is 2. The molecule has 2 aromatic rings. The topological polar surface area (TPSA) is 32.3 Å². The van der Waals surface area contributed by atoms with Crippen LogP contribution in [0.15, 0.2) is 53.0 Å². The summed E-state index contributed by atoms with van der Waals surface area (Å²) in [6.45, 7) is 4.47. The number of aromatic hydroxyl groups is 1. The molecule has 0 saturated carbocycles. The second-order valence-corrected chi connectivity index (χ2v) is 8.06. The summed E-state index contributed by atoms with van der Waals surface area (Å²) < 4.78 is 1.00. The number of phenolic OH excluding ortho intramolecular Hbond substituents is 1. The van der Waals surface area contributed by atoms with E-state index < -0.39 is 0 Å². The molecule has 0 amide bonds. The van der Waals surface area contributed by atoms with Crippen LogP contribution in [0.5, 0.6) is 5.75 Å². The first kappa shape index (κ1) is 15.8. The zero-order chi connectivity index (χ0) is 16.8. The Balaban J connectivity index is 1.86. The van der Waals surface area contributed by atoms with Crippen LogP contribution in [0.1, 0.15) is 54.8 Å².